The topological polar surface area (TPSA) is 78.4 Å². The van der Waals surface area contributed by atoms with Crippen LogP contribution in [0.5, 0.6) is 23.0 Å². The number of methoxy groups -OCH3 is 3. The second-order valence-electron chi connectivity index (χ2n) is 7.98. The number of fused-ring (bicyclic) bond motifs is 1. The summed E-state index contributed by atoms with van der Waals surface area (Å²) in [5, 5.41) is 3.73. The van der Waals surface area contributed by atoms with Gasteiger partial charge >= 0.3 is 0 Å². The Morgan fingerprint density at radius 3 is 2.46 bits per heavy atom. The number of anilines is 1. The first-order valence-corrected chi connectivity index (χ1v) is 12.4. The van der Waals surface area contributed by atoms with E-state index in [1.807, 2.05) is 37.3 Å². The van der Waals surface area contributed by atoms with Crippen molar-refractivity contribution in [2.45, 2.75) is 32.6 Å². The highest BCUT2D eigenvalue weighted by molar-refractivity contribution is 7.16. The van der Waals surface area contributed by atoms with Gasteiger partial charge in [-0.25, -0.2) is 4.99 Å². The lowest BCUT2D eigenvalue weighted by molar-refractivity contribution is 0.102. The van der Waals surface area contributed by atoms with Crippen molar-refractivity contribution in [1.29, 1.82) is 0 Å². The summed E-state index contributed by atoms with van der Waals surface area (Å²) < 4.78 is 22.0. The fourth-order valence-electron chi connectivity index (χ4n) is 4.19. The number of para-hydroxylation sites is 2. The Balaban J connectivity index is 1.72. The number of amides is 1. The Morgan fingerprint density at radius 2 is 1.71 bits per heavy atom. The molecule has 0 aliphatic heterocycles. The predicted molar refractivity (Wildman–Crippen MR) is 140 cm³/mol. The number of hydrogen-bond donors (Lipinski definition) is 1. The number of aliphatic imine (C=N–C) groups is 1. The Labute approximate surface area is 209 Å². The van der Waals surface area contributed by atoms with E-state index in [9.17, 15) is 4.79 Å². The molecule has 0 atom stereocenters. The standard InChI is InChI=1S/C27H30N2O5S/c1-5-34-20-12-8-7-11-19(20)29-26(30)25-18-10-6-9-13-24(18)35-27(25)28-16-17-14-22(32-3)23(33-4)15-21(17)31-2/h7-8,11-12,14-16H,5-6,9-10,13H2,1-4H3,(H,29,30). The molecule has 7 nitrogen and oxygen atoms in total. The molecule has 0 spiro atoms. The molecule has 1 N–H and O–H groups in total. The molecule has 8 heteroatoms. The minimum atomic E-state index is -0.178. The number of carbonyl (C=O) groups excluding carboxylic acids is 1. The highest BCUT2D eigenvalue weighted by atomic mass is 32.1. The van der Waals surface area contributed by atoms with Gasteiger partial charge in [0, 0.05) is 22.7 Å². The lowest BCUT2D eigenvalue weighted by Gasteiger charge is -2.14. The fraction of sp³-hybridized carbons (Fsp3) is 0.333. The lowest BCUT2D eigenvalue weighted by Crippen LogP contribution is -2.15. The van der Waals surface area contributed by atoms with Gasteiger partial charge in [-0.15, -0.1) is 11.3 Å². The molecule has 184 valence electrons. The molecule has 1 aliphatic carbocycles. The molecular formula is C27H30N2O5S. The van der Waals surface area contributed by atoms with Crippen molar-refractivity contribution in [3.63, 3.8) is 0 Å². The molecule has 35 heavy (non-hydrogen) atoms. The normalized spacial score (nSPS) is 12.8. The number of carbonyl (C=O) groups is 1. The smallest absolute Gasteiger partial charge is 0.259 e. The van der Waals surface area contributed by atoms with Crippen LogP contribution in [0.25, 0.3) is 0 Å². The first-order chi connectivity index (χ1) is 17.1. The number of nitrogens with one attached hydrogen (secondary N) is 1. The maximum Gasteiger partial charge on any atom is 0.259 e. The Hall–Kier alpha value is -3.52. The average Bonchev–Trinajstić information content (AvgIpc) is 3.26. The first kappa shape index (κ1) is 24.6. The zero-order chi connectivity index (χ0) is 24.8. The minimum absolute atomic E-state index is 0.178. The molecule has 0 radical (unpaired) electrons. The van der Waals surface area contributed by atoms with Crippen molar-refractivity contribution in [3.05, 3.63) is 58.0 Å². The molecule has 0 fully saturated rings. The van der Waals surface area contributed by atoms with Gasteiger partial charge in [-0.05, 0) is 56.4 Å². The van der Waals surface area contributed by atoms with Crippen LogP contribution in [0.2, 0.25) is 0 Å². The van der Waals surface area contributed by atoms with Gasteiger partial charge in [0.15, 0.2) is 11.5 Å². The van der Waals surface area contributed by atoms with E-state index >= 15 is 0 Å². The molecule has 0 saturated carbocycles. The van der Waals surface area contributed by atoms with Crippen molar-refractivity contribution < 1.29 is 23.7 Å². The summed E-state index contributed by atoms with van der Waals surface area (Å²) in [5.74, 6) is 2.21. The third-order valence-electron chi connectivity index (χ3n) is 5.87. The third-order valence-corrected chi connectivity index (χ3v) is 7.07. The molecule has 1 heterocycles. The van der Waals surface area contributed by atoms with Crippen LogP contribution in [0.4, 0.5) is 10.7 Å². The molecule has 4 rings (SSSR count). The maximum atomic E-state index is 13.5. The number of aryl methyl sites for hydroxylation is 1. The molecule has 0 bridgehead atoms. The molecule has 3 aromatic rings. The Bertz CT molecular complexity index is 1230. The van der Waals surface area contributed by atoms with Gasteiger partial charge in [-0.2, -0.15) is 0 Å². The van der Waals surface area contributed by atoms with Gasteiger partial charge < -0.3 is 24.3 Å². The van der Waals surface area contributed by atoms with Gasteiger partial charge in [0.1, 0.15) is 16.5 Å². The monoisotopic (exact) mass is 494 g/mol. The van der Waals surface area contributed by atoms with E-state index in [1.54, 1.807) is 44.9 Å². The van der Waals surface area contributed by atoms with Crippen LogP contribution in [0.3, 0.4) is 0 Å². The van der Waals surface area contributed by atoms with Crippen molar-refractivity contribution in [2.75, 3.05) is 33.3 Å². The summed E-state index contributed by atoms with van der Waals surface area (Å²) in [7, 11) is 4.76. The zero-order valence-corrected chi connectivity index (χ0v) is 21.3. The molecular weight excluding hydrogens is 464 g/mol. The van der Waals surface area contributed by atoms with Crippen LogP contribution in [0.15, 0.2) is 41.4 Å². The summed E-state index contributed by atoms with van der Waals surface area (Å²) in [6, 6.07) is 11.0. The second kappa shape index (κ2) is 11.3. The van der Waals surface area contributed by atoms with E-state index in [0.29, 0.717) is 45.9 Å². The lowest BCUT2D eigenvalue weighted by atomic mass is 9.95. The number of ether oxygens (including phenoxy) is 4. The number of rotatable bonds is 9. The van der Waals surface area contributed by atoms with Crippen LogP contribution in [-0.4, -0.2) is 40.1 Å². The summed E-state index contributed by atoms with van der Waals surface area (Å²) in [5.41, 5.74) is 3.10. The molecule has 1 aliphatic rings. The van der Waals surface area contributed by atoms with Crippen LogP contribution in [0.1, 0.15) is 46.1 Å². The number of benzene rings is 2. The molecule has 2 aromatic carbocycles. The fourth-order valence-corrected chi connectivity index (χ4v) is 5.43. The minimum Gasteiger partial charge on any atom is -0.496 e. The van der Waals surface area contributed by atoms with Crippen molar-refractivity contribution in [1.82, 2.24) is 0 Å². The van der Waals surface area contributed by atoms with Crippen LogP contribution in [0, 0.1) is 0 Å². The van der Waals surface area contributed by atoms with E-state index in [4.69, 9.17) is 23.9 Å². The zero-order valence-electron chi connectivity index (χ0n) is 20.5. The van der Waals surface area contributed by atoms with Crippen LogP contribution in [-0.2, 0) is 12.8 Å². The largest absolute Gasteiger partial charge is 0.496 e. The highest BCUT2D eigenvalue weighted by Crippen LogP contribution is 2.41. The van der Waals surface area contributed by atoms with Gasteiger partial charge in [0.2, 0.25) is 0 Å². The molecule has 0 saturated heterocycles. The van der Waals surface area contributed by atoms with Crippen LogP contribution < -0.4 is 24.3 Å². The number of nitrogens with zero attached hydrogens (tertiary/aromatic N) is 1. The second-order valence-corrected chi connectivity index (χ2v) is 9.07. The number of thiophene rings is 1. The highest BCUT2D eigenvalue weighted by Gasteiger charge is 2.26. The van der Waals surface area contributed by atoms with Gasteiger partial charge in [-0.1, -0.05) is 12.1 Å². The van der Waals surface area contributed by atoms with E-state index < -0.39 is 0 Å². The predicted octanol–water partition coefficient (Wildman–Crippen LogP) is 6.05. The van der Waals surface area contributed by atoms with Gasteiger partial charge in [-0.3, -0.25) is 4.79 Å². The van der Waals surface area contributed by atoms with Crippen molar-refractivity contribution in [3.8, 4) is 23.0 Å². The van der Waals surface area contributed by atoms with E-state index in [0.717, 1.165) is 36.8 Å². The molecule has 0 unspecified atom stereocenters. The van der Waals surface area contributed by atoms with Gasteiger partial charge in [0.25, 0.3) is 5.91 Å². The molecule has 1 aromatic heterocycles. The third kappa shape index (κ3) is 5.27. The van der Waals surface area contributed by atoms with Gasteiger partial charge in [0.05, 0.1) is 39.2 Å². The van der Waals surface area contributed by atoms with E-state index in [1.165, 1.54) is 4.88 Å². The summed E-state index contributed by atoms with van der Waals surface area (Å²) >= 11 is 1.58. The Kier molecular flexibility index (Phi) is 7.92. The summed E-state index contributed by atoms with van der Waals surface area (Å²) in [6.45, 7) is 2.44. The first-order valence-electron chi connectivity index (χ1n) is 11.6. The molecule has 1 amide bonds. The SMILES string of the molecule is CCOc1ccccc1NC(=O)c1c(N=Cc2cc(OC)c(OC)cc2OC)sc2c1CCCC2. The van der Waals surface area contributed by atoms with E-state index in [2.05, 4.69) is 5.32 Å². The quantitative estimate of drug-likeness (QED) is 0.366. The average molecular weight is 495 g/mol. The van der Waals surface area contributed by atoms with E-state index in [-0.39, 0.29) is 5.91 Å². The number of hydrogen-bond acceptors (Lipinski definition) is 7. The van der Waals surface area contributed by atoms with Crippen molar-refractivity contribution in [2.24, 2.45) is 4.99 Å². The maximum absolute atomic E-state index is 13.5. The van der Waals surface area contributed by atoms with Crippen LogP contribution >= 0.6 is 11.3 Å². The summed E-state index contributed by atoms with van der Waals surface area (Å²) in [4.78, 5) is 19.5. The van der Waals surface area contributed by atoms with Crippen molar-refractivity contribution >= 4 is 34.1 Å². The summed E-state index contributed by atoms with van der Waals surface area (Å²) in [6.07, 6.45) is 5.73. The Morgan fingerprint density at radius 1 is 1.00 bits per heavy atom.